The molecule has 5 N–H and O–H groups in total. The first-order valence-electron chi connectivity index (χ1n) is 11.2. The number of nitrogen functional groups attached to an aromatic ring is 2. The predicted octanol–water partition coefficient (Wildman–Crippen LogP) is 4.33. The summed E-state index contributed by atoms with van der Waals surface area (Å²) in [4.78, 5) is 21.6. The molecular formula is C24H30N4O4S. The van der Waals surface area contributed by atoms with Crippen LogP contribution in [0, 0.1) is 12.8 Å². The van der Waals surface area contributed by atoms with Gasteiger partial charge in [0.1, 0.15) is 33.7 Å². The number of aliphatic hydroxyl groups is 1. The highest BCUT2D eigenvalue weighted by Crippen LogP contribution is 2.47. The molecular weight excluding hydrogens is 440 g/mol. The van der Waals surface area contributed by atoms with E-state index in [1.807, 2.05) is 24.3 Å². The quantitative estimate of drug-likeness (QED) is 0.399. The Labute approximate surface area is 197 Å². The molecule has 8 nitrogen and oxygen atoms in total. The molecule has 1 unspecified atom stereocenters. The van der Waals surface area contributed by atoms with Crippen LogP contribution in [0.25, 0.3) is 0 Å². The molecule has 0 bridgehead atoms. The molecule has 4 rings (SSSR count). The minimum atomic E-state index is -0.728. The molecule has 9 heteroatoms. The van der Waals surface area contributed by atoms with Gasteiger partial charge in [0.25, 0.3) is 0 Å². The van der Waals surface area contributed by atoms with Crippen molar-refractivity contribution in [2.24, 2.45) is 5.92 Å². The zero-order valence-electron chi connectivity index (χ0n) is 19.0. The second-order valence-corrected chi connectivity index (χ2v) is 9.72. The van der Waals surface area contributed by atoms with Gasteiger partial charge in [-0.3, -0.25) is 0 Å². The number of ether oxygens (including phenoxy) is 2. The molecule has 1 aromatic heterocycles. The van der Waals surface area contributed by atoms with Gasteiger partial charge in [0, 0.05) is 12.0 Å². The van der Waals surface area contributed by atoms with E-state index < -0.39 is 11.6 Å². The Hall–Kier alpha value is -2.94. The molecule has 1 atom stereocenters. The van der Waals surface area contributed by atoms with Crippen LogP contribution in [0.3, 0.4) is 0 Å². The van der Waals surface area contributed by atoms with Crippen molar-refractivity contribution in [3.8, 4) is 5.75 Å². The summed E-state index contributed by atoms with van der Waals surface area (Å²) in [6.45, 7) is 1.73. The standard InChI is InChI=1S/C24H30N4O4S/c1-14-20(25)27-23(28-21(14)26)33-19-18(29)13-24(32-22(19)30,16-5-3-4-6-16)12-11-15-7-9-17(31-2)10-8-15/h7-10,16,29H,3-6,11-13H2,1-2H3,(H4,25,26,27,28). The first-order valence-corrected chi connectivity index (χ1v) is 12.0. The fourth-order valence-electron chi connectivity index (χ4n) is 4.69. The SMILES string of the molecule is COc1ccc(CCC2(C3CCCC3)CC(O)=C(Sc3nc(N)c(C)c(N)n3)C(=O)O2)cc1. The average molecular weight is 471 g/mol. The highest BCUT2D eigenvalue weighted by molar-refractivity contribution is 8.03. The number of aryl methyl sites for hydroxylation is 1. The molecule has 2 heterocycles. The van der Waals surface area contributed by atoms with Gasteiger partial charge >= 0.3 is 5.97 Å². The normalized spacial score (nSPS) is 21.3. The average Bonchev–Trinajstić information content (AvgIpc) is 3.34. The fraction of sp³-hybridized carbons (Fsp3) is 0.458. The zero-order chi connectivity index (χ0) is 23.6. The molecule has 0 spiro atoms. The van der Waals surface area contributed by atoms with Crippen molar-refractivity contribution in [1.82, 2.24) is 9.97 Å². The summed E-state index contributed by atoms with van der Waals surface area (Å²) in [6, 6.07) is 7.89. The maximum absolute atomic E-state index is 13.1. The van der Waals surface area contributed by atoms with Crippen molar-refractivity contribution in [2.75, 3.05) is 18.6 Å². The van der Waals surface area contributed by atoms with Gasteiger partial charge in [0.05, 0.1) is 7.11 Å². The Kier molecular flexibility index (Phi) is 6.69. The second kappa shape index (κ2) is 9.51. The summed E-state index contributed by atoms with van der Waals surface area (Å²) in [7, 11) is 1.64. The minimum Gasteiger partial charge on any atom is -0.511 e. The monoisotopic (exact) mass is 470 g/mol. The van der Waals surface area contributed by atoms with Gasteiger partial charge in [-0.1, -0.05) is 25.0 Å². The summed E-state index contributed by atoms with van der Waals surface area (Å²) in [5.41, 5.74) is 12.8. The first kappa shape index (κ1) is 23.2. The zero-order valence-corrected chi connectivity index (χ0v) is 19.8. The largest absolute Gasteiger partial charge is 0.511 e. The van der Waals surface area contributed by atoms with Crippen molar-refractivity contribution >= 4 is 29.4 Å². The van der Waals surface area contributed by atoms with E-state index in [1.165, 1.54) is 0 Å². The lowest BCUT2D eigenvalue weighted by atomic mass is 9.77. The van der Waals surface area contributed by atoms with E-state index in [1.54, 1.807) is 14.0 Å². The highest BCUT2D eigenvalue weighted by atomic mass is 32.2. The van der Waals surface area contributed by atoms with Gasteiger partial charge in [-0.15, -0.1) is 0 Å². The number of methoxy groups -OCH3 is 1. The third-order valence-electron chi connectivity index (χ3n) is 6.70. The number of esters is 1. The molecule has 1 aliphatic heterocycles. The summed E-state index contributed by atoms with van der Waals surface area (Å²) in [6.07, 6.45) is 5.83. The summed E-state index contributed by atoms with van der Waals surface area (Å²) in [5, 5.41) is 11.2. The maximum Gasteiger partial charge on any atom is 0.349 e. The van der Waals surface area contributed by atoms with Crippen LogP contribution in [0.2, 0.25) is 0 Å². The number of hydrogen-bond donors (Lipinski definition) is 3. The lowest BCUT2D eigenvalue weighted by Gasteiger charge is -2.41. The van der Waals surface area contributed by atoms with Gasteiger partial charge in [-0.25, -0.2) is 14.8 Å². The number of benzene rings is 1. The van der Waals surface area contributed by atoms with Crippen molar-refractivity contribution in [3.63, 3.8) is 0 Å². The second-order valence-electron chi connectivity index (χ2n) is 8.74. The number of anilines is 2. The molecule has 1 aromatic carbocycles. The van der Waals surface area contributed by atoms with E-state index in [-0.39, 0.29) is 39.8 Å². The number of aliphatic hydroxyl groups excluding tert-OH is 1. The van der Waals surface area contributed by atoms with E-state index in [4.69, 9.17) is 20.9 Å². The van der Waals surface area contributed by atoms with Crippen LogP contribution in [-0.2, 0) is 16.0 Å². The van der Waals surface area contributed by atoms with E-state index in [0.29, 0.717) is 12.0 Å². The molecule has 1 aliphatic carbocycles. The van der Waals surface area contributed by atoms with Crippen molar-refractivity contribution in [1.29, 1.82) is 0 Å². The number of nitrogens with two attached hydrogens (primary N) is 2. The van der Waals surface area contributed by atoms with Gasteiger partial charge in [-0.2, -0.15) is 0 Å². The number of rotatable bonds is 7. The molecule has 0 radical (unpaired) electrons. The van der Waals surface area contributed by atoms with Crippen LogP contribution in [0.4, 0.5) is 11.6 Å². The van der Waals surface area contributed by atoms with Crippen LogP contribution in [0.15, 0.2) is 40.1 Å². The molecule has 1 saturated carbocycles. The Morgan fingerprint density at radius 2 is 1.82 bits per heavy atom. The van der Waals surface area contributed by atoms with Crippen LogP contribution < -0.4 is 16.2 Å². The Morgan fingerprint density at radius 1 is 1.18 bits per heavy atom. The number of aromatic nitrogens is 2. The number of carbonyl (C=O) groups is 1. The molecule has 176 valence electrons. The van der Waals surface area contributed by atoms with Crippen LogP contribution in [0.5, 0.6) is 5.75 Å². The molecule has 2 aliphatic rings. The molecule has 0 amide bonds. The number of nitrogens with zero attached hydrogens (tertiary/aromatic N) is 2. The van der Waals surface area contributed by atoms with Crippen molar-refractivity contribution in [3.05, 3.63) is 46.1 Å². The molecule has 2 aromatic rings. The van der Waals surface area contributed by atoms with Gasteiger partial charge < -0.3 is 26.0 Å². The van der Waals surface area contributed by atoms with Gasteiger partial charge in [-0.05, 0) is 68.0 Å². The van der Waals surface area contributed by atoms with Crippen LogP contribution >= 0.6 is 11.8 Å². The van der Waals surface area contributed by atoms with Gasteiger partial charge in [0.15, 0.2) is 5.16 Å². The van der Waals surface area contributed by atoms with Crippen molar-refractivity contribution in [2.45, 2.75) is 62.6 Å². The van der Waals surface area contributed by atoms with Gasteiger partial charge in [0.2, 0.25) is 0 Å². The van der Waals surface area contributed by atoms with Crippen LogP contribution in [0.1, 0.15) is 49.7 Å². The Morgan fingerprint density at radius 3 is 2.39 bits per heavy atom. The number of carbonyl (C=O) groups excluding carboxylic acids is 1. The maximum atomic E-state index is 13.1. The Bertz CT molecular complexity index is 1040. The molecule has 1 fully saturated rings. The van der Waals surface area contributed by atoms with E-state index >= 15 is 0 Å². The lowest BCUT2D eigenvalue weighted by molar-refractivity contribution is -0.166. The topological polar surface area (TPSA) is 134 Å². The predicted molar refractivity (Wildman–Crippen MR) is 128 cm³/mol. The third kappa shape index (κ3) is 4.88. The fourth-order valence-corrected chi connectivity index (χ4v) is 5.47. The minimum absolute atomic E-state index is 0.0131. The summed E-state index contributed by atoms with van der Waals surface area (Å²) >= 11 is 0.939. The molecule has 0 saturated heterocycles. The van der Waals surface area contributed by atoms with E-state index in [9.17, 15) is 9.90 Å². The van der Waals surface area contributed by atoms with E-state index in [0.717, 1.165) is 55.2 Å². The summed E-state index contributed by atoms with van der Waals surface area (Å²) in [5.74, 6) is 0.972. The van der Waals surface area contributed by atoms with Crippen molar-refractivity contribution < 1.29 is 19.4 Å². The van der Waals surface area contributed by atoms with E-state index in [2.05, 4.69) is 9.97 Å². The number of thioether (sulfide) groups is 1. The lowest BCUT2D eigenvalue weighted by Crippen LogP contribution is -2.45. The van der Waals surface area contributed by atoms with Crippen LogP contribution in [-0.4, -0.2) is 33.8 Å². The smallest absolute Gasteiger partial charge is 0.349 e. The number of cyclic esters (lactones) is 1. The first-order chi connectivity index (χ1) is 15.8. The Balaban J connectivity index is 1.57. The summed E-state index contributed by atoms with van der Waals surface area (Å²) < 4.78 is 11.4. The highest BCUT2D eigenvalue weighted by Gasteiger charge is 2.48. The number of hydrogen-bond acceptors (Lipinski definition) is 9. The molecule has 33 heavy (non-hydrogen) atoms. The third-order valence-corrected chi connectivity index (χ3v) is 7.67.